The fraction of sp³-hybridized carbons (Fsp3) is 0.512. The Morgan fingerprint density at radius 2 is 1.54 bits per heavy atom. The smallest absolute Gasteiger partial charge is 0.303 e. The molecule has 1 saturated heterocycles. The predicted octanol–water partition coefficient (Wildman–Crippen LogP) is 4.04. The van der Waals surface area contributed by atoms with Gasteiger partial charge in [0.2, 0.25) is 24.2 Å². The monoisotopic (exact) mass is 794 g/mol. The van der Waals surface area contributed by atoms with Crippen LogP contribution in [0.3, 0.4) is 0 Å². The second kappa shape index (κ2) is 21.2. The van der Waals surface area contributed by atoms with Crippen molar-refractivity contribution in [3.8, 4) is 11.6 Å². The van der Waals surface area contributed by atoms with Crippen LogP contribution in [0.15, 0.2) is 48.5 Å². The molecule has 2 aromatic carbocycles. The molecule has 0 saturated carbocycles. The van der Waals surface area contributed by atoms with Crippen molar-refractivity contribution in [2.45, 2.75) is 111 Å². The van der Waals surface area contributed by atoms with Gasteiger partial charge < -0.3 is 38.9 Å². The van der Waals surface area contributed by atoms with Gasteiger partial charge in [-0.1, -0.05) is 50.2 Å². The van der Waals surface area contributed by atoms with Crippen LogP contribution in [-0.4, -0.2) is 102 Å². The number of benzene rings is 2. The van der Waals surface area contributed by atoms with E-state index in [1.807, 2.05) is 57.2 Å². The Morgan fingerprint density at radius 1 is 0.877 bits per heavy atom. The van der Waals surface area contributed by atoms with Crippen molar-refractivity contribution in [3.05, 3.63) is 76.5 Å². The molecule has 5 atom stereocenters. The molecule has 1 aliphatic rings. The molecule has 1 amide bonds. The van der Waals surface area contributed by atoms with Crippen molar-refractivity contribution in [1.82, 2.24) is 15.1 Å². The maximum Gasteiger partial charge on any atom is 0.303 e. The highest BCUT2D eigenvalue weighted by atomic mass is 16.7. The second-order valence-electron chi connectivity index (χ2n) is 14.2. The van der Waals surface area contributed by atoms with Crippen molar-refractivity contribution < 1.29 is 57.1 Å². The number of amides is 1. The van der Waals surface area contributed by atoms with E-state index in [1.165, 1.54) is 6.92 Å². The molecule has 1 fully saturated rings. The van der Waals surface area contributed by atoms with E-state index in [0.29, 0.717) is 37.4 Å². The van der Waals surface area contributed by atoms with Gasteiger partial charge in [0, 0.05) is 71.4 Å². The molecule has 0 bridgehead atoms. The van der Waals surface area contributed by atoms with E-state index in [0.717, 1.165) is 56.1 Å². The number of hydrogen-bond acceptors (Lipinski definition) is 14. The number of aromatic nitrogens is 2. The number of nitrogens with zero attached hydrogens (tertiary/aromatic N) is 2. The van der Waals surface area contributed by atoms with Crippen LogP contribution in [-0.2, 0) is 60.6 Å². The van der Waals surface area contributed by atoms with Crippen LogP contribution in [0.25, 0.3) is 0 Å². The molecule has 16 heteroatoms. The first-order valence-corrected chi connectivity index (χ1v) is 18.9. The van der Waals surface area contributed by atoms with Crippen molar-refractivity contribution in [2.24, 2.45) is 5.73 Å². The molecule has 0 radical (unpaired) electrons. The van der Waals surface area contributed by atoms with Crippen LogP contribution < -0.4 is 15.2 Å². The lowest BCUT2D eigenvalue weighted by atomic mass is 9.96. The molecule has 57 heavy (non-hydrogen) atoms. The summed E-state index contributed by atoms with van der Waals surface area (Å²) in [6.07, 6.45) is -5.35. The molecule has 0 aliphatic carbocycles. The first-order valence-electron chi connectivity index (χ1n) is 18.9. The van der Waals surface area contributed by atoms with Crippen molar-refractivity contribution in [1.29, 1.82) is 0 Å². The van der Waals surface area contributed by atoms with Crippen LogP contribution in [0.1, 0.15) is 88.2 Å². The third-order valence-electron chi connectivity index (χ3n) is 9.11. The Balaban J connectivity index is 1.52. The number of aryl methyl sites for hydroxylation is 1. The summed E-state index contributed by atoms with van der Waals surface area (Å²) in [4.78, 5) is 62.2. The van der Waals surface area contributed by atoms with E-state index in [2.05, 4.69) is 27.2 Å². The van der Waals surface area contributed by atoms with Gasteiger partial charge in [0.05, 0.1) is 6.61 Å². The number of nitrogens with one attached hydrogen (secondary N) is 1. The number of carbonyl (C=O) groups excluding carboxylic acids is 5. The third kappa shape index (κ3) is 13.6. The number of ether oxygens (including phenoxy) is 7. The van der Waals surface area contributed by atoms with Crippen molar-refractivity contribution >= 4 is 29.8 Å². The van der Waals surface area contributed by atoms with Crippen LogP contribution >= 0.6 is 0 Å². The lowest BCUT2D eigenvalue weighted by molar-refractivity contribution is -0.289. The molecule has 0 spiro atoms. The third-order valence-corrected chi connectivity index (χ3v) is 9.11. The molecule has 4 rings (SSSR count). The zero-order valence-corrected chi connectivity index (χ0v) is 33.6. The molecule has 0 unspecified atom stereocenters. The summed E-state index contributed by atoms with van der Waals surface area (Å²) in [5, 5.41) is 7.51. The summed E-state index contributed by atoms with van der Waals surface area (Å²) < 4.78 is 40.5. The minimum absolute atomic E-state index is 0.00686. The number of primary amides is 1. The van der Waals surface area contributed by atoms with Crippen LogP contribution in [0, 0.1) is 6.92 Å². The van der Waals surface area contributed by atoms with Crippen LogP contribution in [0.5, 0.6) is 11.6 Å². The molecule has 1 aliphatic heterocycles. The summed E-state index contributed by atoms with van der Waals surface area (Å²) >= 11 is 0. The SMILES string of the molecule is CC(=O)OC[C@H]1O[C@@H](Oc2n[nH]c(C(C)C)c2Cc2ccc(OCCCN(CCC(N)=O)Cc3ccccc3)cc2C)[C@H](OC(C)=O)[C@@H](OC(C)=O)[C@H]1OC(C)=O. The number of rotatable bonds is 20. The zero-order chi connectivity index (χ0) is 41.6. The summed E-state index contributed by atoms with van der Waals surface area (Å²) in [6, 6.07) is 15.9. The Hall–Kier alpha value is -5.48. The van der Waals surface area contributed by atoms with E-state index in [4.69, 9.17) is 38.9 Å². The summed E-state index contributed by atoms with van der Waals surface area (Å²) in [6.45, 7) is 12.7. The Kier molecular flexibility index (Phi) is 16.4. The molecule has 1 aromatic heterocycles. The van der Waals surface area contributed by atoms with E-state index in [1.54, 1.807) is 0 Å². The first-order chi connectivity index (χ1) is 27.1. The molecule has 2 heterocycles. The van der Waals surface area contributed by atoms with E-state index < -0.39 is 61.2 Å². The van der Waals surface area contributed by atoms with Gasteiger partial charge in [-0.05, 0) is 48.1 Å². The van der Waals surface area contributed by atoms with Gasteiger partial charge in [-0.15, -0.1) is 5.10 Å². The Labute approximate surface area is 332 Å². The maximum atomic E-state index is 12.4. The normalized spacial score (nSPS) is 19.1. The van der Waals surface area contributed by atoms with Gasteiger partial charge in [-0.25, -0.2) is 0 Å². The predicted molar refractivity (Wildman–Crippen MR) is 205 cm³/mol. The van der Waals surface area contributed by atoms with E-state index in [9.17, 15) is 24.0 Å². The van der Waals surface area contributed by atoms with Gasteiger partial charge in [0.1, 0.15) is 18.5 Å². The quantitative estimate of drug-likeness (QED) is 0.0941. The fourth-order valence-corrected chi connectivity index (χ4v) is 6.51. The number of H-pyrrole nitrogens is 1. The fourth-order valence-electron chi connectivity index (χ4n) is 6.51. The lowest BCUT2D eigenvalue weighted by Gasteiger charge is -2.43. The lowest BCUT2D eigenvalue weighted by Crippen LogP contribution is -2.63. The zero-order valence-electron chi connectivity index (χ0n) is 33.6. The highest BCUT2D eigenvalue weighted by Gasteiger charge is 2.53. The topological polar surface area (TPSA) is 208 Å². The summed E-state index contributed by atoms with van der Waals surface area (Å²) in [7, 11) is 0. The molecule has 310 valence electrons. The average molecular weight is 795 g/mol. The van der Waals surface area contributed by atoms with Gasteiger partial charge in [0.25, 0.3) is 0 Å². The highest BCUT2D eigenvalue weighted by Crippen LogP contribution is 2.35. The number of esters is 4. The number of hydrogen-bond donors (Lipinski definition) is 2. The Morgan fingerprint density at radius 3 is 2.16 bits per heavy atom. The Bertz CT molecular complexity index is 1830. The molecule has 16 nitrogen and oxygen atoms in total. The highest BCUT2D eigenvalue weighted by molar-refractivity contribution is 5.73. The minimum atomic E-state index is -1.44. The summed E-state index contributed by atoms with van der Waals surface area (Å²) in [5.41, 5.74) is 9.96. The van der Waals surface area contributed by atoms with Gasteiger partial charge in [-0.3, -0.25) is 34.0 Å². The first kappa shape index (κ1) is 44.2. The molecule has 3 aromatic rings. The average Bonchev–Trinajstić information content (AvgIpc) is 3.53. The van der Waals surface area contributed by atoms with Gasteiger partial charge in [0.15, 0.2) is 12.2 Å². The standard InChI is InChI=1S/C41H54N4O12/c1-24(2)36-33(21-31-14-15-32(20-25(31)3)51-19-11-17-45(18-16-35(42)50)22-30-12-9-8-10-13-30)40(44-43-36)57-41-39(55-29(7)49)38(54-28(6)48)37(53-27(5)47)34(56-41)23-52-26(4)46/h8-10,12-15,20,24,34,37-39,41H,11,16-19,21-23H2,1-7H3,(H2,42,50)(H,43,44)/t34-,37+,38+,39-,41+/m1/s1. The maximum absolute atomic E-state index is 12.4. The molecular formula is C41H54N4O12. The van der Waals surface area contributed by atoms with Crippen LogP contribution in [0.2, 0.25) is 0 Å². The summed E-state index contributed by atoms with van der Waals surface area (Å²) in [5.74, 6) is -2.37. The number of carbonyl (C=O) groups is 5. The minimum Gasteiger partial charge on any atom is -0.494 e. The van der Waals surface area contributed by atoms with E-state index >= 15 is 0 Å². The van der Waals surface area contributed by atoms with Crippen molar-refractivity contribution in [2.75, 3.05) is 26.3 Å². The number of aromatic amines is 1. The van der Waals surface area contributed by atoms with Crippen LogP contribution in [0.4, 0.5) is 0 Å². The number of nitrogens with two attached hydrogens (primary N) is 1. The van der Waals surface area contributed by atoms with Gasteiger partial charge >= 0.3 is 23.9 Å². The second-order valence-corrected chi connectivity index (χ2v) is 14.2. The largest absolute Gasteiger partial charge is 0.494 e. The van der Waals surface area contributed by atoms with Gasteiger partial charge in [-0.2, -0.15) is 0 Å². The van der Waals surface area contributed by atoms with Crippen molar-refractivity contribution in [3.63, 3.8) is 0 Å². The van der Waals surface area contributed by atoms with E-state index in [-0.39, 0.29) is 24.1 Å². The molecular weight excluding hydrogens is 740 g/mol. The molecule has 3 N–H and O–H groups in total.